The Bertz CT molecular complexity index is 802. The van der Waals surface area contributed by atoms with Crippen LogP contribution in [0, 0.1) is 0 Å². The molecule has 1 atom stereocenters. The predicted molar refractivity (Wildman–Crippen MR) is 141 cm³/mol. The molecule has 0 aliphatic heterocycles. The SMILES string of the molecule is CCCCCCCCCCCc1ccc(OC(C)OC(=O)C[N+](C)(C)Cc2ccccc2)cc1. The summed E-state index contributed by atoms with van der Waals surface area (Å²) in [6.45, 7) is 5.10. The van der Waals surface area contributed by atoms with Gasteiger partial charge in [0.05, 0.1) is 14.1 Å². The van der Waals surface area contributed by atoms with Crippen LogP contribution in [0.4, 0.5) is 0 Å². The van der Waals surface area contributed by atoms with Gasteiger partial charge in [0, 0.05) is 12.5 Å². The second-order valence-corrected chi connectivity index (χ2v) is 10.1. The largest absolute Gasteiger partial charge is 0.455 e. The number of nitrogens with zero attached hydrogens (tertiary/aromatic N) is 1. The molecule has 0 aliphatic rings. The fourth-order valence-electron chi connectivity index (χ4n) is 4.30. The first-order valence-electron chi connectivity index (χ1n) is 13.2. The second-order valence-electron chi connectivity index (χ2n) is 10.1. The van der Waals surface area contributed by atoms with Crippen molar-refractivity contribution in [1.82, 2.24) is 0 Å². The summed E-state index contributed by atoms with van der Waals surface area (Å²) in [6.07, 6.45) is 12.6. The van der Waals surface area contributed by atoms with Crippen LogP contribution in [0.2, 0.25) is 0 Å². The number of carbonyl (C=O) groups excluding carboxylic acids is 1. The number of carbonyl (C=O) groups is 1. The Morgan fingerprint density at radius 2 is 1.38 bits per heavy atom. The highest BCUT2D eigenvalue weighted by atomic mass is 16.7. The van der Waals surface area contributed by atoms with Gasteiger partial charge < -0.3 is 14.0 Å². The molecule has 0 aliphatic carbocycles. The van der Waals surface area contributed by atoms with Crippen LogP contribution in [0.3, 0.4) is 0 Å². The molecule has 34 heavy (non-hydrogen) atoms. The maximum Gasteiger partial charge on any atom is 0.364 e. The van der Waals surface area contributed by atoms with E-state index < -0.39 is 6.29 Å². The number of unbranched alkanes of at least 4 members (excludes halogenated alkanes) is 8. The number of likely N-dealkylation sites (N-methyl/N-ethyl adjacent to an activating group) is 1. The third-order valence-corrected chi connectivity index (χ3v) is 6.10. The molecule has 2 aromatic carbocycles. The molecule has 0 fully saturated rings. The van der Waals surface area contributed by atoms with E-state index in [9.17, 15) is 4.79 Å². The Morgan fingerprint density at radius 1 is 0.794 bits per heavy atom. The van der Waals surface area contributed by atoms with E-state index in [-0.39, 0.29) is 5.97 Å². The number of ether oxygens (including phenoxy) is 2. The molecule has 4 heteroatoms. The standard InChI is InChI=1S/C30H46NO3/c1-5-6-7-8-9-10-11-12-14-17-27-20-22-29(23-21-27)33-26(2)34-30(32)25-31(3,4)24-28-18-15-13-16-19-28/h13,15-16,18-23,26H,5-12,14,17,24-25H2,1-4H3/q+1. The Hall–Kier alpha value is -2.33. The van der Waals surface area contributed by atoms with Gasteiger partial charge in [0.15, 0.2) is 6.54 Å². The molecular weight excluding hydrogens is 422 g/mol. The molecule has 0 aromatic heterocycles. The van der Waals surface area contributed by atoms with Crippen LogP contribution >= 0.6 is 0 Å². The lowest BCUT2D eigenvalue weighted by atomic mass is 10.0. The summed E-state index contributed by atoms with van der Waals surface area (Å²) in [7, 11) is 4.07. The van der Waals surface area contributed by atoms with Crippen LogP contribution in [0.1, 0.15) is 82.8 Å². The second kappa shape index (κ2) is 15.5. The molecule has 4 nitrogen and oxygen atoms in total. The lowest BCUT2D eigenvalue weighted by Crippen LogP contribution is -2.44. The average Bonchev–Trinajstić information content (AvgIpc) is 2.78. The number of esters is 1. The van der Waals surface area contributed by atoms with Gasteiger partial charge in [-0.25, -0.2) is 4.79 Å². The molecule has 0 saturated carbocycles. The summed E-state index contributed by atoms with van der Waals surface area (Å²) in [6, 6.07) is 18.4. The van der Waals surface area contributed by atoms with E-state index in [1.165, 1.54) is 68.9 Å². The average molecular weight is 469 g/mol. The molecule has 188 valence electrons. The Labute approximate surface area is 207 Å². The molecule has 1 unspecified atom stereocenters. The minimum absolute atomic E-state index is 0.254. The lowest BCUT2D eigenvalue weighted by Gasteiger charge is -2.29. The van der Waals surface area contributed by atoms with E-state index in [1.54, 1.807) is 6.92 Å². The fraction of sp³-hybridized carbons (Fsp3) is 0.567. The van der Waals surface area contributed by atoms with E-state index in [0.717, 1.165) is 18.7 Å². The van der Waals surface area contributed by atoms with Crippen LogP contribution < -0.4 is 4.74 Å². The van der Waals surface area contributed by atoms with Gasteiger partial charge in [0.2, 0.25) is 6.29 Å². The quantitative estimate of drug-likeness (QED) is 0.106. The van der Waals surface area contributed by atoms with Gasteiger partial charge in [-0.1, -0.05) is 101 Å². The summed E-state index contributed by atoms with van der Waals surface area (Å²) in [5.41, 5.74) is 2.53. The molecule has 0 heterocycles. The van der Waals surface area contributed by atoms with Gasteiger partial charge in [0.25, 0.3) is 0 Å². The van der Waals surface area contributed by atoms with Crippen LogP contribution in [0.25, 0.3) is 0 Å². The van der Waals surface area contributed by atoms with Crippen molar-refractivity contribution < 1.29 is 18.8 Å². The van der Waals surface area contributed by atoms with E-state index in [0.29, 0.717) is 11.0 Å². The summed E-state index contributed by atoms with van der Waals surface area (Å²) < 4.78 is 11.9. The van der Waals surface area contributed by atoms with E-state index in [2.05, 4.69) is 31.2 Å². The number of aryl methyl sites for hydroxylation is 1. The van der Waals surface area contributed by atoms with Crippen molar-refractivity contribution >= 4 is 5.97 Å². The summed E-state index contributed by atoms with van der Waals surface area (Å²) >= 11 is 0. The van der Waals surface area contributed by atoms with Crippen LogP contribution in [0.15, 0.2) is 54.6 Å². The van der Waals surface area contributed by atoms with Crippen molar-refractivity contribution in [3.63, 3.8) is 0 Å². The molecule has 2 rings (SSSR count). The van der Waals surface area contributed by atoms with Crippen molar-refractivity contribution in [3.05, 3.63) is 65.7 Å². The number of hydrogen-bond acceptors (Lipinski definition) is 3. The van der Waals surface area contributed by atoms with Gasteiger partial charge >= 0.3 is 5.97 Å². The van der Waals surface area contributed by atoms with Crippen LogP contribution in [-0.2, 0) is 22.5 Å². The Balaban J connectivity index is 1.63. The lowest BCUT2D eigenvalue weighted by molar-refractivity contribution is -0.896. The van der Waals surface area contributed by atoms with Gasteiger partial charge in [0.1, 0.15) is 12.3 Å². The Kier molecular flexibility index (Phi) is 12.8. The maximum absolute atomic E-state index is 12.4. The topological polar surface area (TPSA) is 35.5 Å². The Morgan fingerprint density at radius 3 is 2.00 bits per heavy atom. The smallest absolute Gasteiger partial charge is 0.364 e. The minimum atomic E-state index is -0.618. The number of hydrogen-bond donors (Lipinski definition) is 0. The molecule has 2 aromatic rings. The van der Waals surface area contributed by atoms with E-state index in [1.807, 2.05) is 44.4 Å². The fourth-order valence-corrected chi connectivity index (χ4v) is 4.30. The molecule has 0 spiro atoms. The minimum Gasteiger partial charge on any atom is -0.455 e. The summed E-state index contributed by atoms with van der Waals surface area (Å²) in [5.74, 6) is 0.476. The number of benzene rings is 2. The summed E-state index contributed by atoms with van der Waals surface area (Å²) in [4.78, 5) is 12.4. The van der Waals surface area contributed by atoms with Gasteiger partial charge in [-0.3, -0.25) is 0 Å². The van der Waals surface area contributed by atoms with Gasteiger partial charge in [-0.05, 0) is 30.5 Å². The highest BCUT2D eigenvalue weighted by Gasteiger charge is 2.23. The van der Waals surface area contributed by atoms with Crippen molar-refractivity contribution in [1.29, 1.82) is 0 Å². The highest BCUT2D eigenvalue weighted by molar-refractivity contribution is 5.70. The van der Waals surface area contributed by atoms with Crippen molar-refractivity contribution in [2.45, 2.75) is 90.9 Å². The van der Waals surface area contributed by atoms with Crippen LogP contribution in [0.5, 0.6) is 5.75 Å². The first-order chi connectivity index (χ1) is 16.4. The predicted octanol–water partition coefficient (Wildman–Crippen LogP) is 7.30. The molecule has 0 amide bonds. The first-order valence-corrected chi connectivity index (χ1v) is 13.2. The third-order valence-electron chi connectivity index (χ3n) is 6.10. The molecule has 0 N–H and O–H groups in total. The maximum atomic E-state index is 12.4. The molecular formula is C30H46NO3+. The van der Waals surface area contributed by atoms with Crippen molar-refractivity contribution in [2.75, 3.05) is 20.6 Å². The normalized spacial score (nSPS) is 12.4. The molecule has 0 radical (unpaired) electrons. The third kappa shape index (κ3) is 12.2. The number of quaternary nitrogens is 1. The zero-order valence-corrected chi connectivity index (χ0v) is 21.9. The molecule has 0 saturated heterocycles. The van der Waals surface area contributed by atoms with Gasteiger partial charge in [-0.2, -0.15) is 0 Å². The number of rotatable bonds is 17. The summed E-state index contributed by atoms with van der Waals surface area (Å²) in [5, 5.41) is 0. The van der Waals surface area contributed by atoms with Crippen LogP contribution in [-0.4, -0.2) is 37.4 Å². The van der Waals surface area contributed by atoms with Gasteiger partial charge in [-0.15, -0.1) is 0 Å². The van der Waals surface area contributed by atoms with Crippen molar-refractivity contribution in [2.24, 2.45) is 0 Å². The highest BCUT2D eigenvalue weighted by Crippen LogP contribution is 2.17. The first kappa shape index (κ1) is 27.9. The van der Waals surface area contributed by atoms with Crippen molar-refractivity contribution in [3.8, 4) is 5.75 Å². The molecule has 0 bridgehead atoms. The van der Waals surface area contributed by atoms with E-state index in [4.69, 9.17) is 9.47 Å². The zero-order chi connectivity index (χ0) is 24.7. The monoisotopic (exact) mass is 468 g/mol. The van der Waals surface area contributed by atoms with E-state index >= 15 is 0 Å². The zero-order valence-electron chi connectivity index (χ0n) is 21.9.